The van der Waals surface area contributed by atoms with Gasteiger partial charge in [-0.1, -0.05) is 35.0 Å². The van der Waals surface area contributed by atoms with Crippen LogP contribution in [-0.4, -0.2) is 36.5 Å². The van der Waals surface area contributed by atoms with Crippen LogP contribution in [0.1, 0.15) is 12.0 Å². The summed E-state index contributed by atoms with van der Waals surface area (Å²) in [4.78, 5) is 17.8. The minimum Gasteiger partial charge on any atom is -0.486 e. The molecule has 6 nitrogen and oxygen atoms in total. The van der Waals surface area contributed by atoms with E-state index in [0.717, 1.165) is 5.56 Å². The van der Waals surface area contributed by atoms with E-state index in [9.17, 15) is 4.79 Å². The number of methoxy groups -OCH3 is 1. The smallest absolute Gasteiger partial charge is 0.262 e. The molecule has 0 fully saturated rings. The number of ether oxygens (including phenoxy) is 3. The second kappa shape index (κ2) is 9.47. The van der Waals surface area contributed by atoms with Gasteiger partial charge in [-0.25, -0.2) is 4.98 Å². The van der Waals surface area contributed by atoms with Crippen LogP contribution in [0.3, 0.4) is 0 Å². The zero-order chi connectivity index (χ0) is 21.1. The molecule has 0 saturated heterocycles. The Bertz CT molecular complexity index is 1140. The van der Waals surface area contributed by atoms with Crippen molar-refractivity contribution >= 4 is 45.9 Å². The van der Waals surface area contributed by atoms with E-state index in [2.05, 4.69) is 0 Å². The third-order valence-corrected chi connectivity index (χ3v) is 6.20. The van der Waals surface area contributed by atoms with E-state index in [1.54, 1.807) is 29.9 Å². The number of rotatable bonds is 7. The molecule has 2 aromatic carbocycles. The quantitative estimate of drug-likeness (QED) is 0.283. The van der Waals surface area contributed by atoms with Crippen molar-refractivity contribution in [3.05, 3.63) is 56.3 Å². The predicted octanol–water partition coefficient (Wildman–Crippen LogP) is 4.80. The van der Waals surface area contributed by atoms with Crippen LogP contribution < -0.4 is 15.0 Å². The minimum atomic E-state index is -0.0875. The lowest BCUT2D eigenvalue weighted by Gasteiger charge is -2.20. The maximum Gasteiger partial charge on any atom is 0.262 e. The lowest BCUT2D eigenvalue weighted by Crippen LogP contribution is -2.24. The van der Waals surface area contributed by atoms with Crippen LogP contribution >= 0.6 is 35.0 Å². The van der Waals surface area contributed by atoms with Gasteiger partial charge in [0.1, 0.15) is 13.2 Å². The van der Waals surface area contributed by atoms with Gasteiger partial charge in [0.05, 0.1) is 15.9 Å². The molecule has 1 aliphatic heterocycles. The standard InChI is InChI=1S/C21H20Cl2N2O4S/c1-27-6-2-5-25-20(26)15-4-3-14(22)11-17(15)24-21(25)30-12-13-9-16(23)19-18(10-13)28-7-8-29-19/h3-4,9-11H,2,5-8,12H2,1H3. The number of hydrogen-bond donors (Lipinski definition) is 0. The summed E-state index contributed by atoms with van der Waals surface area (Å²) in [7, 11) is 1.64. The predicted molar refractivity (Wildman–Crippen MR) is 120 cm³/mol. The molecule has 0 aliphatic carbocycles. The molecule has 4 rings (SSSR count). The van der Waals surface area contributed by atoms with E-state index < -0.39 is 0 Å². The summed E-state index contributed by atoms with van der Waals surface area (Å²) in [5.41, 5.74) is 1.45. The van der Waals surface area contributed by atoms with Crippen LogP contribution in [0.4, 0.5) is 0 Å². The fourth-order valence-corrected chi connectivity index (χ4v) is 4.65. The normalized spacial score (nSPS) is 13.0. The maximum atomic E-state index is 13.1. The summed E-state index contributed by atoms with van der Waals surface area (Å²) in [6.45, 7) is 2.06. The van der Waals surface area contributed by atoms with Gasteiger partial charge in [0.15, 0.2) is 16.7 Å². The molecule has 0 amide bonds. The van der Waals surface area contributed by atoms with Crippen LogP contribution in [0.25, 0.3) is 10.9 Å². The van der Waals surface area contributed by atoms with E-state index in [0.29, 0.717) is 76.1 Å². The molecule has 0 unspecified atom stereocenters. The number of nitrogens with zero attached hydrogens (tertiary/aromatic N) is 2. The first-order valence-corrected chi connectivity index (χ1v) is 11.2. The molecule has 3 aromatic rings. The van der Waals surface area contributed by atoms with Crippen LogP contribution in [0.2, 0.25) is 10.0 Å². The molecule has 0 radical (unpaired) electrons. The maximum absolute atomic E-state index is 13.1. The highest BCUT2D eigenvalue weighted by atomic mass is 35.5. The van der Waals surface area contributed by atoms with Gasteiger partial charge in [0, 0.05) is 31.0 Å². The zero-order valence-electron chi connectivity index (χ0n) is 16.3. The number of hydrogen-bond acceptors (Lipinski definition) is 6. The molecule has 158 valence electrons. The fourth-order valence-electron chi connectivity index (χ4n) is 3.24. The summed E-state index contributed by atoms with van der Waals surface area (Å²) in [5.74, 6) is 1.78. The summed E-state index contributed by atoms with van der Waals surface area (Å²) in [6.07, 6.45) is 0.709. The van der Waals surface area contributed by atoms with Crippen molar-refractivity contribution in [2.24, 2.45) is 0 Å². The molecule has 1 aliphatic rings. The van der Waals surface area contributed by atoms with E-state index >= 15 is 0 Å². The third kappa shape index (κ3) is 4.54. The number of halogens is 2. The Morgan fingerprint density at radius 1 is 1.20 bits per heavy atom. The highest BCUT2D eigenvalue weighted by Crippen LogP contribution is 2.39. The van der Waals surface area contributed by atoms with Gasteiger partial charge < -0.3 is 14.2 Å². The number of fused-ring (bicyclic) bond motifs is 2. The molecule has 0 bridgehead atoms. The Hall–Kier alpha value is -1.93. The summed E-state index contributed by atoms with van der Waals surface area (Å²) < 4.78 is 18.1. The largest absolute Gasteiger partial charge is 0.486 e. The molecule has 9 heteroatoms. The van der Waals surface area contributed by atoms with Crippen molar-refractivity contribution in [2.45, 2.75) is 23.9 Å². The Kier molecular flexibility index (Phi) is 6.73. The van der Waals surface area contributed by atoms with Crippen molar-refractivity contribution in [3.8, 4) is 11.5 Å². The molecular weight excluding hydrogens is 447 g/mol. The summed E-state index contributed by atoms with van der Waals surface area (Å²) in [6, 6.07) is 8.90. The molecule has 1 aromatic heterocycles. The van der Waals surface area contributed by atoms with Gasteiger partial charge in [-0.15, -0.1) is 0 Å². The Morgan fingerprint density at radius 2 is 2.03 bits per heavy atom. The van der Waals surface area contributed by atoms with Crippen LogP contribution in [0, 0.1) is 0 Å². The van der Waals surface area contributed by atoms with E-state index in [1.807, 2.05) is 12.1 Å². The van der Waals surface area contributed by atoms with Crippen molar-refractivity contribution in [1.29, 1.82) is 0 Å². The first-order valence-electron chi connectivity index (χ1n) is 9.46. The van der Waals surface area contributed by atoms with E-state index in [4.69, 9.17) is 42.4 Å². The van der Waals surface area contributed by atoms with Crippen LogP contribution in [0.5, 0.6) is 11.5 Å². The van der Waals surface area contributed by atoms with Crippen LogP contribution in [0.15, 0.2) is 40.3 Å². The number of thioether (sulfide) groups is 1. The average molecular weight is 467 g/mol. The lowest BCUT2D eigenvalue weighted by atomic mass is 10.2. The molecule has 0 spiro atoms. The Labute approximate surface area is 188 Å². The zero-order valence-corrected chi connectivity index (χ0v) is 18.6. The fraction of sp³-hybridized carbons (Fsp3) is 0.333. The van der Waals surface area contributed by atoms with Crippen molar-refractivity contribution in [3.63, 3.8) is 0 Å². The van der Waals surface area contributed by atoms with E-state index in [-0.39, 0.29) is 5.56 Å². The van der Waals surface area contributed by atoms with Gasteiger partial charge >= 0.3 is 0 Å². The molecule has 2 heterocycles. The van der Waals surface area contributed by atoms with E-state index in [1.165, 1.54) is 11.8 Å². The van der Waals surface area contributed by atoms with Gasteiger partial charge in [-0.3, -0.25) is 9.36 Å². The van der Waals surface area contributed by atoms with Gasteiger partial charge in [0.25, 0.3) is 5.56 Å². The molecular formula is C21H20Cl2N2O4S. The first-order chi connectivity index (χ1) is 14.6. The second-order valence-corrected chi connectivity index (χ2v) is 8.54. The van der Waals surface area contributed by atoms with Gasteiger partial charge in [0.2, 0.25) is 0 Å². The van der Waals surface area contributed by atoms with Crippen molar-refractivity contribution in [2.75, 3.05) is 26.9 Å². The highest BCUT2D eigenvalue weighted by Gasteiger charge is 2.18. The lowest BCUT2D eigenvalue weighted by molar-refractivity contribution is 0.171. The number of benzene rings is 2. The first kappa shape index (κ1) is 21.3. The molecule has 30 heavy (non-hydrogen) atoms. The van der Waals surface area contributed by atoms with Crippen molar-refractivity contribution in [1.82, 2.24) is 9.55 Å². The van der Waals surface area contributed by atoms with Gasteiger partial charge in [-0.2, -0.15) is 0 Å². The Morgan fingerprint density at radius 3 is 2.87 bits per heavy atom. The Balaban J connectivity index is 1.66. The molecule has 0 saturated carbocycles. The SMILES string of the molecule is COCCCn1c(SCc2cc(Cl)c3c(c2)OCCO3)nc2cc(Cl)ccc2c1=O. The van der Waals surface area contributed by atoms with Crippen molar-refractivity contribution < 1.29 is 14.2 Å². The second-order valence-electron chi connectivity index (χ2n) is 6.75. The number of aromatic nitrogens is 2. The molecule has 0 N–H and O–H groups in total. The highest BCUT2D eigenvalue weighted by molar-refractivity contribution is 7.98. The average Bonchev–Trinajstić information content (AvgIpc) is 2.74. The monoisotopic (exact) mass is 466 g/mol. The third-order valence-electron chi connectivity index (χ3n) is 4.64. The summed E-state index contributed by atoms with van der Waals surface area (Å²) >= 11 is 13.9. The summed E-state index contributed by atoms with van der Waals surface area (Å²) in [5, 5.41) is 2.22. The molecule has 0 atom stereocenters. The van der Waals surface area contributed by atoms with Crippen LogP contribution in [-0.2, 0) is 17.0 Å². The topological polar surface area (TPSA) is 62.6 Å². The van der Waals surface area contributed by atoms with Gasteiger partial charge in [-0.05, 0) is 42.3 Å². The minimum absolute atomic E-state index is 0.0875.